The van der Waals surface area contributed by atoms with E-state index in [2.05, 4.69) is 15.3 Å². The second-order valence-electron chi connectivity index (χ2n) is 3.74. The minimum atomic E-state index is -0.357. The zero-order chi connectivity index (χ0) is 11.7. The predicted molar refractivity (Wildman–Crippen MR) is 61.4 cm³/mol. The lowest BCUT2D eigenvalue weighted by molar-refractivity contribution is 0.310. The molecular formula is C12H10FN3O. The van der Waals surface area contributed by atoms with Crippen LogP contribution in [-0.4, -0.2) is 23.1 Å². The molecule has 3 rings (SSSR count). The largest absolute Gasteiger partial charge is 0.474 e. The van der Waals surface area contributed by atoms with E-state index >= 15 is 0 Å². The molecule has 0 aromatic carbocycles. The monoisotopic (exact) mass is 231 g/mol. The third kappa shape index (κ3) is 1.91. The van der Waals surface area contributed by atoms with Crippen molar-refractivity contribution >= 4 is 5.69 Å². The van der Waals surface area contributed by atoms with Gasteiger partial charge in [0.15, 0.2) is 0 Å². The second-order valence-corrected chi connectivity index (χ2v) is 3.74. The first kappa shape index (κ1) is 10.0. The maximum atomic E-state index is 13.1. The fourth-order valence-corrected chi connectivity index (χ4v) is 1.75. The number of ether oxygens (including phenoxy) is 1. The number of hydrogen-bond acceptors (Lipinski definition) is 4. The average Bonchev–Trinajstić information content (AvgIpc) is 2.38. The Balaban J connectivity index is 2.04. The Hall–Kier alpha value is -2.17. The molecule has 1 aliphatic heterocycles. The number of fused-ring (bicyclic) bond motifs is 1. The van der Waals surface area contributed by atoms with Crippen LogP contribution in [0.4, 0.5) is 10.1 Å². The van der Waals surface area contributed by atoms with Gasteiger partial charge in [0, 0.05) is 30.1 Å². The highest BCUT2D eigenvalue weighted by Crippen LogP contribution is 2.29. The first-order valence-corrected chi connectivity index (χ1v) is 5.30. The van der Waals surface area contributed by atoms with Crippen LogP contribution in [0.3, 0.4) is 0 Å². The van der Waals surface area contributed by atoms with Gasteiger partial charge in [-0.25, -0.2) is 9.37 Å². The van der Waals surface area contributed by atoms with E-state index in [4.69, 9.17) is 4.74 Å². The number of nitrogens with one attached hydrogen (secondary N) is 1. The number of nitrogens with zero attached hydrogens (tertiary/aromatic N) is 2. The van der Waals surface area contributed by atoms with E-state index < -0.39 is 0 Å². The molecule has 0 spiro atoms. The lowest BCUT2D eigenvalue weighted by Gasteiger charge is -2.18. The van der Waals surface area contributed by atoms with E-state index in [1.165, 1.54) is 12.3 Å². The fraction of sp³-hybridized carbons (Fsp3) is 0.167. The summed E-state index contributed by atoms with van der Waals surface area (Å²) < 4.78 is 18.4. The molecule has 0 bridgehead atoms. The van der Waals surface area contributed by atoms with Crippen molar-refractivity contribution in [2.45, 2.75) is 0 Å². The first-order valence-electron chi connectivity index (χ1n) is 5.30. The van der Waals surface area contributed by atoms with E-state index in [-0.39, 0.29) is 5.82 Å². The van der Waals surface area contributed by atoms with Crippen molar-refractivity contribution in [3.05, 3.63) is 36.5 Å². The summed E-state index contributed by atoms with van der Waals surface area (Å²) in [5.74, 6) is 0.230. The van der Waals surface area contributed by atoms with E-state index in [9.17, 15) is 4.39 Å². The van der Waals surface area contributed by atoms with Crippen LogP contribution in [0.1, 0.15) is 0 Å². The van der Waals surface area contributed by atoms with Crippen molar-refractivity contribution in [3.8, 4) is 17.0 Å². The fourth-order valence-electron chi connectivity index (χ4n) is 1.75. The Bertz CT molecular complexity index is 559. The molecule has 3 heterocycles. The van der Waals surface area contributed by atoms with Crippen LogP contribution in [0.5, 0.6) is 5.88 Å². The molecule has 1 aliphatic rings. The molecule has 1 N–H and O–H groups in total. The van der Waals surface area contributed by atoms with Crippen LogP contribution >= 0.6 is 0 Å². The van der Waals surface area contributed by atoms with Crippen LogP contribution in [-0.2, 0) is 0 Å². The van der Waals surface area contributed by atoms with Gasteiger partial charge in [0.25, 0.3) is 0 Å². The minimum absolute atomic E-state index is 0.357. The molecule has 0 atom stereocenters. The van der Waals surface area contributed by atoms with Gasteiger partial charge >= 0.3 is 0 Å². The summed E-state index contributed by atoms with van der Waals surface area (Å²) in [4.78, 5) is 8.01. The van der Waals surface area contributed by atoms with Crippen LogP contribution in [0, 0.1) is 5.82 Å². The van der Waals surface area contributed by atoms with Gasteiger partial charge in [-0.1, -0.05) is 0 Å². The van der Waals surface area contributed by atoms with Gasteiger partial charge in [0.1, 0.15) is 12.4 Å². The number of rotatable bonds is 1. The Kier molecular flexibility index (Phi) is 2.36. The summed E-state index contributed by atoms with van der Waals surface area (Å²) in [6.07, 6.45) is 4.44. The highest BCUT2D eigenvalue weighted by Gasteiger charge is 2.12. The van der Waals surface area contributed by atoms with Crippen LogP contribution in [0.25, 0.3) is 11.1 Å². The zero-order valence-electron chi connectivity index (χ0n) is 8.98. The van der Waals surface area contributed by atoms with Crippen molar-refractivity contribution in [3.63, 3.8) is 0 Å². The maximum absolute atomic E-state index is 13.1. The molecule has 2 aromatic heterocycles. The third-order valence-corrected chi connectivity index (χ3v) is 2.55. The third-order valence-electron chi connectivity index (χ3n) is 2.55. The highest BCUT2D eigenvalue weighted by molar-refractivity contribution is 5.69. The molecule has 0 amide bonds. The molecular weight excluding hydrogens is 221 g/mol. The SMILES string of the molecule is Fc1cncc(-c2cnc3c(c2)NCCO3)c1. The Morgan fingerprint density at radius 1 is 1.18 bits per heavy atom. The van der Waals surface area contributed by atoms with Crippen LogP contribution in [0.15, 0.2) is 30.7 Å². The number of hydrogen-bond donors (Lipinski definition) is 1. The normalized spacial score (nSPS) is 13.5. The van der Waals surface area contributed by atoms with Gasteiger partial charge in [-0.05, 0) is 12.1 Å². The Morgan fingerprint density at radius 3 is 2.94 bits per heavy atom. The number of anilines is 1. The molecule has 2 aromatic rings. The lowest BCUT2D eigenvalue weighted by atomic mass is 10.1. The smallest absolute Gasteiger partial charge is 0.237 e. The molecule has 0 aliphatic carbocycles. The summed E-state index contributed by atoms with van der Waals surface area (Å²) in [5.41, 5.74) is 2.35. The standard InChI is InChI=1S/C12H10FN3O/c13-10-3-8(5-14-7-10)9-4-11-12(16-6-9)17-2-1-15-11/h3-7,15H,1-2H2. The van der Waals surface area contributed by atoms with E-state index in [1.54, 1.807) is 12.4 Å². The van der Waals surface area contributed by atoms with E-state index in [0.717, 1.165) is 17.8 Å². The molecule has 0 radical (unpaired) electrons. The molecule has 4 nitrogen and oxygen atoms in total. The molecule has 5 heteroatoms. The molecule has 0 fully saturated rings. The van der Waals surface area contributed by atoms with Gasteiger partial charge in [-0.3, -0.25) is 4.98 Å². The molecule has 0 saturated carbocycles. The molecule has 86 valence electrons. The Labute approximate surface area is 97.5 Å². The van der Waals surface area contributed by atoms with Gasteiger partial charge in [0.05, 0.1) is 11.9 Å². The van der Waals surface area contributed by atoms with Gasteiger partial charge < -0.3 is 10.1 Å². The van der Waals surface area contributed by atoms with Gasteiger partial charge in [-0.15, -0.1) is 0 Å². The topological polar surface area (TPSA) is 47.0 Å². The minimum Gasteiger partial charge on any atom is -0.474 e. The van der Waals surface area contributed by atoms with E-state index in [0.29, 0.717) is 18.1 Å². The van der Waals surface area contributed by atoms with Crippen LogP contribution < -0.4 is 10.1 Å². The summed E-state index contributed by atoms with van der Waals surface area (Å²) in [7, 11) is 0. The van der Waals surface area contributed by atoms with Crippen molar-refractivity contribution < 1.29 is 9.13 Å². The number of halogens is 1. The summed E-state index contributed by atoms with van der Waals surface area (Å²) in [6.45, 7) is 1.36. The summed E-state index contributed by atoms with van der Waals surface area (Å²) >= 11 is 0. The average molecular weight is 231 g/mol. The lowest BCUT2D eigenvalue weighted by Crippen LogP contribution is -2.18. The quantitative estimate of drug-likeness (QED) is 0.816. The number of pyridine rings is 2. The van der Waals surface area contributed by atoms with Crippen molar-refractivity contribution in [1.29, 1.82) is 0 Å². The summed E-state index contributed by atoms with van der Waals surface area (Å²) in [5, 5.41) is 3.19. The zero-order valence-corrected chi connectivity index (χ0v) is 8.98. The Morgan fingerprint density at radius 2 is 2.06 bits per heavy atom. The molecule has 0 unspecified atom stereocenters. The van der Waals surface area contributed by atoms with Crippen molar-refractivity contribution in [1.82, 2.24) is 9.97 Å². The van der Waals surface area contributed by atoms with E-state index in [1.807, 2.05) is 6.07 Å². The van der Waals surface area contributed by atoms with Crippen molar-refractivity contribution in [2.75, 3.05) is 18.5 Å². The predicted octanol–water partition coefficient (Wildman–Crippen LogP) is 2.09. The first-order chi connectivity index (χ1) is 8.33. The molecule has 0 saturated heterocycles. The maximum Gasteiger partial charge on any atom is 0.237 e. The second kappa shape index (κ2) is 4.01. The highest BCUT2D eigenvalue weighted by atomic mass is 19.1. The number of aromatic nitrogens is 2. The van der Waals surface area contributed by atoms with Gasteiger partial charge in [-0.2, -0.15) is 0 Å². The van der Waals surface area contributed by atoms with Crippen LogP contribution in [0.2, 0.25) is 0 Å². The summed E-state index contributed by atoms with van der Waals surface area (Å²) in [6, 6.07) is 3.32. The van der Waals surface area contributed by atoms with Gasteiger partial charge in [0.2, 0.25) is 5.88 Å². The van der Waals surface area contributed by atoms with Crippen molar-refractivity contribution in [2.24, 2.45) is 0 Å². The molecule has 17 heavy (non-hydrogen) atoms.